The highest BCUT2D eigenvalue weighted by atomic mass is 31.2. The number of aliphatic imine (C=N–C) groups is 1. The lowest BCUT2D eigenvalue weighted by atomic mass is 10.1. The van der Waals surface area contributed by atoms with Gasteiger partial charge in [0.2, 0.25) is 0 Å². The Morgan fingerprint density at radius 1 is 1.33 bits per heavy atom. The first-order valence-electron chi connectivity index (χ1n) is 6.79. The van der Waals surface area contributed by atoms with Gasteiger partial charge in [0.1, 0.15) is 5.75 Å². The summed E-state index contributed by atoms with van der Waals surface area (Å²) in [6, 6.07) is 0. The van der Waals surface area contributed by atoms with Gasteiger partial charge in [-0.05, 0) is 20.3 Å². The van der Waals surface area contributed by atoms with Crippen molar-refractivity contribution in [3.8, 4) is 5.75 Å². The van der Waals surface area contributed by atoms with Crippen molar-refractivity contribution in [1.82, 2.24) is 4.98 Å². The molecule has 0 fully saturated rings. The summed E-state index contributed by atoms with van der Waals surface area (Å²) in [6.07, 6.45) is 2.31. The molecule has 0 spiro atoms. The van der Waals surface area contributed by atoms with Crippen LogP contribution in [0.4, 0.5) is 0 Å². The van der Waals surface area contributed by atoms with Crippen LogP contribution in [0.3, 0.4) is 0 Å². The molecule has 0 unspecified atom stereocenters. The van der Waals surface area contributed by atoms with Crippen LogP contribution in [0.2, 0.25) is 0 Å². The molecular formula is C12H20N2O8P2. The maximum Gasteiger partial charge on any atom is 0.469 e. The van der Waals surface area contributed by atoms with E-state index in [1.165, 1.54) is 20.0 Å². The number of pyridine rings is 1. The number of rotatable bonds is 7. The Bertz CT molecular complexity index is 726. The molecule has 1 atom stereocenters. The molecule has 1 aromatic rings. The first-order chi connectivity index (χ1) is 10.8. The van der Waals surface area contributed by atoms with Gasteiger partial charge in [-0.3, -0.25) is 19.1 Å². The lowest BCUT2D eigenvalue weighted by molar-refractivity contribution is 0.188. The summed E-state index contributed by atoms with van der Waals surface area (Å²) in [5, 5.41) is 8.39. The van der Waals surface area contributed by atoms with Gasteiger partial charge in [0, 0.05) is 23.5 Å². The predicted molar refractivity (Wildman–Crippen MR) is 85.8 cm³/mol. The molecule has 1 aromatic heterocycles. The van der Waals surface area contributed by atoms with Gasteiger partial charge in [-0.2, -0.15) is 0 Å². The standard InChI is InChI=1S/C12H20N2O8P2/c1-4-12(3,23(16,17)18)14-6-10-9(7-22-24(19,20)21)5-13-8(2)11(10)15/h5-6,15H,4,7H2,1-3H3,(H2,16,17,18)(H2,19,20,21)/b14-6+/t12-/m1/s1. The molecule has 0 saturated carbocycles. The quantitative estimate of drug-likeness (QED) is 0.346. The molecule has 0 aliphatic carbocycles. The molecule has 12 heteroatoms. The lowest BCUT2D eigenvalue weighted by Gasteiger charge is -2.24. The number of nitrogens with zero attached hydrogens (tertiary/aromatic N) is 2. The normalized spacial score (nSPS) is 15.6. The molecule has 136 valence electrons. The zero-order valence-corrected chi connectivity index (χ0v) is 15.1. The van der Waals surface area contributed by atoms with Gasteiger partial charge in [0.15, 0.2) is 5.28 Å². The fourth-order valence-corrected chi connectivity index (χ4v) is 2.57. The number of aryl methyl sites for hydroxylation is 1. The van der Waals surface area contributed by atoms with Crippen molar-refractivity contribution in [2.75, 3.05) is 0 Å². The second-order valence-corrected chi connectivity index (χ2v) is 8.56. The van der Waals surface area contributed by atoms with Gasteiger partial charge in [-0.1, -0.05) is 6.92 Å². The number of hydrogen-bond donors (Lipinski definition) is 5. The Labute approximate surface area is 138 Å². The number of hydrogen-bond acceptors (Lipinski definition) is 6. The zero-order chi connectivity index (χ0) is 18.8. The Balaban J connectivity index is 3.31. The molecule has 0 saturated heterocycles. The third-order valence-electron chi connectivity index (χ3n) is 3.52. The van der Waals surface area contributed by atoms with Crippen LogP contribution >= 0.6 is 15.4 Å². The molecule has 0 radical (unpaired) electrons. The van der Waals surface area contributed by atoms with Crippen LogP contribution in [0, 0.1) is 6.92 Å². The average molecular weight is 382 g/mol. The minimum absolute atomic E-state index is 0.0177. The van der Waals surface area contributed by atoms with E-state index < -0.39 is 27.3 Å². The third kappa shape index (κ3) is 5.19. The third-order valence-corrected chi connectivity index (χ3v) is 5.67. The van der Waals surface area contributed by atoms with Gasteiger partial charge in [-0.25, -0.2) is 4.57 Å². The maximum absolute atomic E-state index is 11.6. The van der Waals surface area contributed by atoms with Crippen molar-refractivity contribution < 1.29 is 38.3 Å². The average Bonchev–Trinajstić information content (AvgIpc) is 2.45. The van der Waals surface area contributed by atoms with Crippen LogP contribution in [0.15, 0.2) is 11.2 Å². The predicted octanol–water partition coefficient (Wildman–Crippen LogP) is 1.43. The van der Waals surface area contributed by atoms with Crippen LogP contribution < -0.4 is 0 Å². The summed E-state index contributed by atoms with van der Waals surface area (Å²) in [6.45, 7) is 3.74. The minimum atomic E-state index is -4.74. The van der Waals surface area contributed by atoms with Crippen LogP contribution in [-0.4, -0.2) is 41.2 Å². The Hall–Kier alpha value is -1.12. The molecular weight excluding hydrogens is 362 g/mol. The Kier molecular flexibility index (Phi) is 6.46. The Morgan fingerprint density at radius 2 is 1.92 bits per heavy atom. The van der Waals surface area contributed by atoms with Crippen molar-refractivity contribution in [3.05, 3.63) is 23.0 Å². The van der Waals surface area contributed by atoms with E-state index in [0.29, 0.717) is 0 Å². The van der Waals surface area contributed by atoms with Gasteiger partial charge in [0.05, 0.1) is 12.3 Å². The monoisotopic (exact) mass is 382 g/mol. The van der Waals surface area contributed by atoms with E-state index in [9.17, 15) is 24.0 Å². The Morgan fingerprint density at radius 3 is 2.38 bits per heavy atom. The van der Waals surface area contributed by atoms with E-state index in [-0.39, 0.29) is 29.0 Å². The van der Waals surface area contributed by atoms with Gasteiger partial charge >= 0.3 is 15.4 Å². The molecule has 1 heterocycles. The van der Waals surface area contributed by atoms with Crippen LogP contribution in [0.25, 0.3) is 0 Å². The second-order valence-electron chi connectivity index (χ2n) is 5.27. The maximum atomic E-state index is 11.6. The van der Waals surface area contributed by atoms with E-state index in [0.717, 1.165) is 6.21 Å². The van der Waals surface area contributed by atoms with Gasteiger partial charge in [-0.15, -0.1) is 0 Å². The SMILES string of the molecule is CC[C@](C)(/N=C/c1c(COP(=O)(O)O)cnc(C)c1O)P(=O)(O)O. The fourth-order valence-electron chi connectivity index (χ4n) is 1.64. The van der Waals surface area contributed by atoms with Crippen molar-refractivity contribution in [2.24, 2.45) is 4.99 Å². The first-order valence-corrected chi connectivity index (χ1v) is 9.93. The second kappa shape index (κ2) is 7.41. The lowest BCUT2D eigenvalue weighted by Crippen LogP contribution is -2.21. The number of phosphoric acid groups is 1. The highest BCUT2D eigenvalue weighted by molar-refractivity contribution is 7.53. The summed E-state index contributed by atoms with van der Waals surface area (Å²) in [7, 11) is -9.30. The van der Waals surface area contributed by atoms with Crippen LogP contribution in [0.1, 0.15) is 37.1 Å². The summed E-state index contributed by atoms with van der Waals surface area (Å²) >= 11 is 0. The number of aromatic hydroxyl groups is 1. The van der Waals surface area contributed by atoms with Crippen molar-refractivity contribution in [2.45, 2.75) is 39.1 Å². The summed E-state index contributed by atoms with van der Waals surface area (Å²) in [5.74, 6) is -0.324. The number of phosphoric ester groups is 1. The summed E-state index contributed by atoms with van der Waals surface area (Å²) in [5.41, 5.74) is 0.337. The van der Waals surface area contributed by atoms with Crippen molar-refractivity contribution >= 4 is 21.6 Å². The van der Waals surface area contributed by atoms with Gasteiger partial charge in [0.25, 0.3) is 0 Å². The highest BCUT2D eigenvalue weighted by Gasteiger charge is 2.40. The van der Waals surface area contributed by atoms with E-state index in [2.05, 4.69) is 14.5 Å². The molecule has 1 rings (SSSR count). The van der Waals surface area contributed by atoms with Crippen molar-refractivity contribution in [1.29, 1.82) is 0 Å². The molecule has 0 amide bonds. The first kappa shape index (κ1) is 20.9. The zero-order valence-electron chi connectivity index (χ0n) is 13.3. The van der Waals surface area contributed by atoms with E-state index in [1.807, 2.05) is 0 Å². The molecule has 0 aliphatic rings. The topological polar surface area (TPSA) is 170 Å². The minimum Gasteiger partial charge on any atom is -0.505 e. The smallest absolute Gasteiger partial charge is 0.469 e. The van der Waals surface area contributed by atoms with Gasteiger partial charge < -0.3 is 24.7 Å². The van der Waals surface area contributed by atoms with Crippen LogP contribution in [-0.2, 0) is 20.3 Å². The van der Waals surface area contributed by atoms with E-state index in [4.69, 9.17) is 9.79 Å². The largest absolute Gasteiger partial charge is 0.505 e. The number of aromatic nitrogens is 1. The summed E-state index contributed by atoms with van der Waals surface area (Å²) < 4.78 is 26.8. The molecule has 24 heavy (non-hydrogen) atoms. The fraction of sp³-hybridized carbons (Fsp3) is 0.500. The van der Waals surface area contributed by atoms with Crippen LogP contribution in [0.5, 0.6) is 5.75 Å². The molecule has 0 bridgehead atoms. The molecule has 0 aromatic carbocycles. The highest BCUT2D eigenvalue weighted by Crippen LogP contribution is 2.53. The van der Waals surface area contributed by atoms with E-state index >= 15 is 0 Å². The molecule has 0 aliphatic heterocycles. The van der Waals surface area contributed by atoms with Crippen molar-refractivity contribution in [3.63, 3.8) is 0 Å². The van der Waals surface area contributed by atoms with E-state index in [1.54, 1.807) is 6.92 Å². The summed E-state index contributed by atoms with van der Waals surface area (Å²) in [4.78, 5) is 44.1. The molecule has 10 nitrogen and oxygen atoms in total. The molecule has 5 N–H and O–H groups in total.